The third-order valence-electron chi connectivity index (χ3n) is 1.03. The second-order valence-electron chi connectivity index (χ2n) is 2.83. The molecule has 0 aromatic heterocycles. The van der Waals surface area contributed by atoms with Gasteiger partial charge in [-0.15, -0.1) is 0 Å². The van der Waals surface area contributed by atoms with Crippen LogP contribution in [0.4, 0.5) is 0 Å². The normalized spacial score (nSPS) is 9.90. The van der Waals surface area contributed by atoms with Gasteiger partial charge in [0, 0.05) is 0 Å². The van der Waals surface area contributed by atoms with Crippen molar-refractivity contribution in [2.75, 3.05) is 0 Å². The van der Waals surface area contributed by atoms with E-state index in [1.807, 2.05) is 6.92 Å². The van der Waals surface area contributed by atoms with Gasteiger partial charge in [-0.2, -0.15) is 0 Å². The molecule has 0 aromatic rings. The Kier molecular flexibility index (Phi) is 4.65. The molecule has 0 amide bonds. The van der Waals surface area contributed by atoms with Crippen molar-refractivity contribution < 1.29 is 0 Å². The van der Waals surface area contributed by atoms with Gasteiger partial charge in [-0.05, 0) is 27.2 Å². The summed E-state index contributed by atoms with van der Waals surface area (Å²) < 4.78 is 0. The molecule has 0 aliphatic rings. The van der Waals surface area contributed by atoms with Gasteiger partial charge in [-0.3, -0.25) is 0 Å². The summed E-state index contributed by atoms with van der Waals surface area (Å²) in [7, 11) is 0. The lowest BCUT2D eigenvalue weighted by Crippen LogP contribution is -1.66. The lowest BCUT2D eigenvalue weighted by atomic mass is 10.2. The number of hydrogen-bond donors (Lipinski definition) is 0. The van der Waals surface area contributed by atoms with Gasteiger partial charge < -0.3 is 0 Å². The molecular formula is C10H16. The molecule has 0 rings (SSSR count). The first-order valence-corrected chi connectivity index (χ1v) is 3.57. The Balaban J connectivity index is 3.58. The standard InChI is InChI=1S/C10H16/c1-9(2)7-5-6-8-10(3)4/h5-6,8H,1,7H2,2-4H3. The van der Waals surface area contributed by atoms with Crippen LogP contribution in [-0.2, 0) is 0 Å². The van der Waals surface area contributed by atoms with Crippen molar-refractivity contribution in [3.8, 4) is 0 Å². The van der Waals surface area contributed by atoms with Crippen LogP contribution in [0.2, 0.25) is 0 Å². The van der Waals surface area contributed by atoms with Crippen LogP contribution < -0.4 is 0 Å². The van der Waals surface area contributed by atoms with Crippen LogP contribution >= 0.6 is 0 Å². The highest BCUT2D eigenvalue weighted by Crippen LogP contribution is 1.97. The van der Waals surface area contributed by atoms with Crippen LogP contribution in [0.5, 0.6) is 0 Å². The fourth-order valence-electron chi connectivity index (χ4n) is 0.530. The zero-order valence-electron chi connectivity index (χ0n) is 7.15. The lowest BCUT2D eigenvalue weighted by molar-refractivity contribution is 1.22. The van der Waals surface area contributed by atoms with Crippen LogP contribution in [0, 0.1) is 0 Å². The van der Waals surface area contributed by atoms with Crippen LogP contribution in [0.25, 0.3) is 0 Å². The molecule has 0 nitrogen and oxygen atoms in total. The fourth-order valence-corrected chi connectivity index (χ4v) is 0.530. The van der Waals surface area contributed by atoms with E-state index < -0.39 is 0 Å². The topological polar surface area (TPSA) is 0 Å². The molecule has 0 radical (unpaired) electrons. The number of allylic oxidation sites excluding steroid dienone is 5. The van der Waals surface area contributed by atoms with Crippen molar-refractivity contribution in [1.82, 2.24) is 0 Å². The summed E-state index contributed by atoms with van der Waals surface area (Å²) in [5.74, 6) is 0. The van der Waals surface area contributed by atoms with Crippen LogP contribution in [0.1, 0.15) is 27.2 Å². The van der Waals surface area contributed by atoms with Gasteiger partial charge in [-0.25, -0.2) is 0 Å². The molecule has 0 heteroatoms. The number of hydrogen-bond acceptors (Lipinski definition) is 0. The third-order valence-corrected chi connectivity index (χ3v) is 1.03. The minimum absolute atomic E-state index is 0.990. The van der Waals surface area contributed by atoms with Crippen molar-refractivity contribution in [3.63, 3.8) is 0 Å². The van der Waals surface area contributed by atoms with E-state index in [1.54, 1.807) is 0 Å². The molecule has 0 unspecified atom stereocenters. The fraction of sp³-hybridized carbons (Fsp3) is 0.400. The Bertz CT molecular complexity index is 155. The molecule has 0 bridgehead atoms. The third kappa shape index (κ3) is 7.22. The number of rotatable bonds is 3. The molecule has 0 N–H and O–H groups in total. The maximum Gasteiger partial charge on any atom is -0.0141 e. The van der Waals surface area contributed by atoms with E-state index in [-0.39, 0.29) is 0 Å². The molecule has 0 saturated heterocycles. The summed E-state index contributed by atoms with van der Waals surface area (Å²) in [4.78, 5) is 0. The minimum atomic E-state index is 0.990. The molecular weight excluding hydrogens is 120 g/mol. The largest absolute Gasteiger partial charge is 0.0998 e. The molecule has 56 valence electrons. The highest BCUT2D eigenvalue weighted by atomic mass is 13.8. The molecule has 0 aromatic carbocycles. The van der Waals surface area contributed by atoms with E-state index in [1.165, 1.54) is 11.1 Å². The second-order valence-corrected chi connectivity index (χ2v) is 2.83. The van der Waals surface area contributed by atoms with E-state index in [0.29, 0.717) is 0 Å². The van der Waals surface area contributed by atoms with E-state index in [0.717, 1.165) is 6.42 Å². The summed E-state index contributed by atoms with van der Waals surface area (Å²) in [6.07, 6.45) is 7.28. The predicted octanol–water partition coefficient (Wildman–Crippen LogP) is 3.48. The van der Waals surface area contributed by atoms with Crippen LogP contribution in [0.3, 0.4) is 0 Å². The molecule has 0 aliphatic heterocycles. The van der Waals surface area contributed by atoms with Gasteiger partial charge in [0.05, 0.1) is 0 Å². The summed E-state index contributed by atoms with van der Waals surface area (Å²) in [6.45, 7) is 10.0. The van der Waals surface area contributed by atoms with Gasteiger partial charge in [0.1, 0.15) is 0 Å². The molecule has 0 atom stereocenters. The Morgan fingerprint density at radius 1 is 1.30 bits per heavy atom. The van der Waals surface area contributed by atoms with Gasteiger partial charge in [0.15, 0.2) is 0 Å². The summed E-state index contributed by atoms with van der Waals surface area (Å²) in [5.41, 5.74) is 2.54. The average Bonchev–Trinajstić information content (AvgIpc) is 1.79. The van der Waals surface area contributed by atoms with E-state index in [2.05, 4.69) is 38.7 Å². The molecule has 10 heavy (non-hydrogen) atoms. The lowest BCUT2D eigenvalue weighted by Gasteiger charge is -1.87. The first-order chi connectivity index (χ1) is 4.63. The van der Waals surface area contributed by atoms with Gasteiger partial charge in [-0.1, -0.05) is 36.0 Å². The van der Waals surface area contributed by atoms with Crippen molar-refractivity contribution in [1.29, 1.82) is 0 Å². The van der Waals surface area contributed by atoms with Crippen molar-refractivity contribution in [2.24, 2.45) is 0 Å². The summed E-state index contributed by atoms with van der Waals surface area (Å²) in [6, 6.07) is 0. The Hall–Kier alpha value is -0.780. The highest BCUT2D eigenvalue weighted by molar-refractivity contribution is 5.10. The van der Waals surface area contributed by atoms with Crippen molar-refractivity contribution in [3.05, 3.63) is 36.0 Å². The molecule has 0 saturated carbocycles. The van der Waals surface area contributed by atoms with Gasteiger partial charge >= 0.3 is 0 Å². The van der Waals surface area contributed by atoms with Crippen LogP contribution in [-0.4, -0.2) is 0 Å². The average molecular weight is 136 g/mol. The summed E-state index contributed by atoms with van der Waals surface area (Å²) in [5, 5.41) is 0. The Morgan fingerprint density at radius 2 is 1.90 bits per heavy atom. The van der Waals surface area contributed by atoms with Crippen molar-refractivity contribution in [2.45, 2.75) is 27.2 Å². The Morgan fingerprint density at radius 3 is 2.30 bits per heavy atom. The predicted molar refractivity (Wildman–Crippen MR) is 48.0 cm³/mol. The quantitative estimate of drug-likeness (QED) is 0.411. The van der Waals surface area contributed by atoms with Gasteiger partial charge in [0.2, 0.25) is 0 Å². The zero-order chi connectivity index (χ0) is 7.98. The first-order valence-electron chi connectivity index (χ1n) is 3.57. The second kappa shape index (κ2) is 5.04. The van der Waals surface area contributed by atoms with E-state index in [4.69, 9.17) is 0 Å². The molecule has 0 fully saturated rings. The molecule has 0 heterocycles. The van der Waals surface area contributed by atoms with E-state index in [9.17, 15) is 0 Å². The minimum Gasteiger partial charge on any atom is -0.0998 e. The summed E-state index contributed by atoms with van der Waals surface area (Å²) >= 11 is 0. The van der Waals surface area contributed by atoms with Gasteiger partial charge in [0.25, 0.3) is 0 Å². The zero-order valence-corrected chi connectivity index (χ0v) is 7.15. The SMILES string of the molecule is C=C(C)CC=CC=C(C)C. The maximum atomic E-state index is 3.80. The Labute approximate surface area is 64.0 Å². The monoisotopic (exact) mass is 136 g/mol. The van der Waals surface area contributed by atoms with E-state index >= 15 is 0 Å². The maximum absolute atomic E-state index is 3.80. The van der Waals surface area contributed by atoms with Crippen molar-refractivity contribution >= 4 is 0 Å². The molecule has 0 spiro atoms. The molecule has 0 aliphatic carbocycles. The first kappa shape index (κ1) is 9.22. The van der Waals surface area contributed by atoms with Crippen LogP contribution in [0.15, 0.2) is 36.0 Å². The smallest absolute Gasteiger partial charge is 0.0141 e. The highest BCUT2D eigenvalue weighted by Gasteiger charge is 1.76.